The number of halogens is 4. The molecule has 1 aromatic heterocycles. The molecule has 3 aromatic rings. The molecule has 1 fully saturated rings. The van der Waals surface area contributed by atoms with Gasteiger partial charge in [-0.05, 0) is 36.4 Å². The summed E-state index contributed by atoms with van der Waals surface area (Å²) < 4.78 is 92.7. The Morgan fingerprint density at radius 2 is 1.79 bits per heavy atom. The van der Waals surface area contributed by atoms with Crippen molar-refractivity contribution in [1.82, 2.24) is 9.29 Å². The van der Waals surface area contributed by atoms with Gasteiger partial charge < -0.3 is 14.4 Å². The Balaban J connectivity index is 1.79. The molecule has 1 aliphatic rings. The van der Waals surface area contributed by atoms with E-state index in [1.54, 1.807) is 0 Å². The first-order chi connectivity index (χ1) is 17.9. The van der Waals surface area contributed by atoms with E-state index in [9.17, 15) is 30.8 Å². The van der Waals surface area contributed by atoms with Crippen molar-refractivity contribution in [2.45, 2.75) is 11.1 Å². The Labute approximate surface area is 216 Å². The van der Waals surface area contributed by atoms with E-state index in [1.807, 2.05) is 0 Å². The van der Waals surface area contributed by atoms with Crippen molar-refractivity contribution in [1.29, 1.82) is 0 Å². The second-order valence-electron chi connectivity index (χ2n) is 8.36. The van der Waals surface area contributed by atoms with Crippen LogP contribution in [0.25, 0.3) is 11.1 Å². The lowest BCUT2D eigenvalue weighted by atomic mass is 10.0. The highest BCUT2D eigenvalue weighted by Crippen LogP contribution is 2.38. The molecule has 1 saturated heterocycles. The third-order valence-corrected chi connectivity index (χ3v) is 7.88. The fraction of sp³-hybridized carbons (Fsp3) is 0.280. The van der Waals surface area contributed by atoms with Crippen LogP contribution < -0.4 is 9.64 Å². The molecule has 8 nitrogen and oxygen atoms in total. The SMILES string of the molecule is COc1cc(F)ccc1-c1ccncc1N(C)C(=O)c1cc(C(F)(F)F)cc(S(=O)(=O)N2CCOCC2)c1. The van der Waals surface area contributed by atoms with Crippen LogP contribution in [0.4, 0.5) is 23.2 Å². The monoisotopic (exact) mass is 553 g/mol. The van der Waals surface area contributed by atoms with Gasteiger partial charge in [0, 0.05) is 49.1 Å². The summed E-state index contributed by atoms with van der Waals surface area (Å²) in [6.45, 7) is 0.146. The van der Waals surface area contributed by atoms with Crippen molar-refractivity contribution in [3.63, 3.8) is 0 Å². The lowest BCUT2D eigenvalue weighted by Crippen LogP contribution is -2.40. The Morgan fingerprint density at radius 3 is 2.45 bits per heavy atom. The molecule has 0 spiro atoms. The first-order valence-corrected chi connectivity index (χ1v) is 12.7. The summed E-state index contributed by atoms with van der Waals surface area (Å²) >= 11 is 0. The van der Waals surface area contributed by atoms with E-state index < -0.39 is 43.9 Å². The van der Waals surface area contributed by atoms with Crippen LogP contribution in [0.1, 0.15) is 15.9 Å². The third kappa shape index (κ3) is 5.49. The molecular formula is C25H23F4N3O5S. The number of carbonyl (C=O) groups is 1. The fourth-order valence-electron chi connectivity index (χ4n) is 4.04. The molecule has 4 rings (SSSR count). The molecule has 13 heteroatoms. The van der Waals surface area contributed by atoms with Crippen molar-refractivity contribution >= 4 is 21.6 Å². The minimum Gasteiger partial charge on any atom is -0.496 e. The van der Waals surface area contributed by atoms with E-state index in [0.29, 0.717) is 23.3 Å². The lowest BCUT2D eigenvalue weighted by molar-refractivity contribution is -0.137. The van der Waals surface area contributed by atoms with E-state index in [-0.39, 0.29) is 37.7 Å². The van der Waals surface area contributed by atoms with Crippen molar-refractivity contribution in [2.24, 2.45) is 0 Å². The second kappa shape index (κ2) is 10.7. The van der Waals surface area contributed by atoms with Crippen LogP contribution in [0.5, 0.6) is 5.75 Å². The van der Waals surface area contributed by atoms with Gasteiger partial charge in [-0.3, -0.25) is 9.78 Å². The molecule has 38 heavy (non-hydrogen) atoms. The molecule has 0 saturated carbocycles. The third-order valence-electron chi connectivity index (χ3n) is 6.01. The number of ether oxygens (including phenoxy) is 2. The van der Waals surface area contributed by atoms with E-state index >= 15 is 0 Å². The van der Waals surface area contributed by atoms with Crippen LogP contribution in [-0.2, 0) is 20.9 Å². The number of benzene rings is 2. The number of carbonyl (C=O) groups excluding carboxylic acids is 1. The Morgan fingerprint density at radius 1 is 1.08 bits per heavy atom. The molecule has 0 atom stereocenters. The number of hydrogen-bond acceptors (Lipinski definition) is 6. The van der Waals surface area contributed by atoms with E-state index in [4.69, 9.17) is 9.47 Å². The Kier molecular flexibility index (Phi) is 7.72. The zero-order chi connectivity index (χ0) is 27.7. The number of anilines is 1. The Hall–Kier alpha value is -3.55. The molecule has 0 bridgehead atoms. The molecule has 1 amide bonds. The average molecular weight is 554 g/mol. The highest BCUT2D eigenvalue weighted by Gasteiger charge is 2.35. The smallest absolute Gasteiger partial charge is 0.416 e. The largest absolute Gasteiger partial charge is 0.496 e. The maximum Gasteiger partial charge on any atom is 0.416 e. The predicted molar refractivity (Wildman–Crippen MR) is 130 cm³/mol. The highest BCUT2D eigenvalue weighted by atomic mass is 32.2. The summed E-state index contributed by atoms with van der Waals surface area (Å²) in [7, 11) is -1.68. The number of rotatable bonds is 6. The quantitative estimate of drug-likeness (QED) is 0.425. The minimum atomic E-state index is -4.91. The van der Waals surface area contributed by atoms with Gasteiger partial charge in [0.15, 0.2) is 0 Å². The summed E-state index contributed by atoms with van der Waals surface area (Å²) in [5.41, 5.74) is -0.797. The molecule has 0 radical (unpaired) electrons. The van der Waals surface area contributed by atoms with Crippen molar-refractivity contribution in [3.8, 4) is 16.9 Å². The van der Waals surface area contributed by atoms with Gasteiger partial charge in [0.25, 0.3) is 5.91 Å². The topological polar surface area (TPSA) is 89.0 Å². The highest BCUT2D eigenvalue weighted by molar-refractivity contribution is 7.89. The van der Waals surface area contributed by atoms with Crippen LogP contribution in [0, 0.1) is 5.82 Å². The maximum absolute atomic E-state index is 13.8. The number of amides is 1. The number of sulfonamides is 1. The zero-order valence-corrected chi connectivity index (χ0v) is 21.1. The summed E-state index contributed by atoms with van der Waals surface area (Å²) in [5, 5.41) is 0. The Bertz CT molecular complexity index is 1460. The normalized spacial score (nSPS) is 14.8. The maximum atomic E-state index is 13.8. The minimum absolute atomic E-state index is 0.0275. The van der Waals surface area contributed by atoms with Crippen molar-refractivity contribution < 1.29 is 40.2 Å². The van der Waals surface area contributed by atoms with Gasteiger partial charge in [-0.25, -0.2) is 12.8 Å². The van der Waals surface area contributed by atoms with Gasteiger partial charge in [0.05, 0.1) is 42.7 Å². The summed E-state index contributed by atoms with van der Waals surface area (Å²) in [6.07, 6.45) is -2.17. The van der Waals surface area contributed by atoms with Crippen LogP contribution >= 0.6 is 0 Å². The van der Waals surface area contributed by atoms with E-state index in [2.05, 4.69) is 4.98 Å². The predicted octanol–water partition coefficient (Wildman–Crippen LogP) is 4.21. The number of aromatic nitrogens is 1. The van der Waals surface area contributed by atoms with Gasteiger partial charge >= 0.3 is 6.18 Å². The lowest BCUT2D eigenvalue weighted by Gasteiger charge is -2.27. The van der Waals surface area contributed by atoms with Crippen molar-refractivity contribution in [2.75, 3.05) is 45.4 Å². The van der Waals surface area contributed by atoms with Gasteiger partial charge in [0.1, 0.15) is 11.6 Å². The molecule has 202 valence electrons. The molecule has 1 aliphatic heterocycles. The van der Waals surface area contributed by atoms with Crippen molar-refractivity contribution in [3.05, 3.63) is 71.8 Å². The standard InChI is InChI=1S/C25H23F4N3O5S/c1-31(22-15-30-6-5-20(22)21-4-3-18(26)14-23(21)36-2)24(33)16-11-17(25(27,28)29)13-19(12-16)38(34,35)32-7-9-37-10-8-32/h3-6,11-15H,7-10H2,1-2H3. The average Bonchev–Trinajstić information content (AvgIpc) is 2.92. The van der Waals surface area contributed by atoms with Crippen LogP contribution in [0.3, 0.4) is 0 Å². The van der Waals surface area contributed by atoms with E-state index in [1.165, 1.54) is 44.8 Å². The number of nitrogens with zero attached hydrogens (tertiary/aromatic N) is 3. The van der Waals surface area contributed by atoms with Crippen LogP contribution in [0.15, 0.2) is 59.8 Å². The number of hydrogen-bond donors (Lipinski definition) is 0. The summed E-state index contributed by atoms with van der Waals surface area (Å²) in [5.74, 6) is -1.30. The van der Waals surface area contributed by atoms with Crippen LogP contribution in [0.2, 0.25) is 0 Å². The molecule has 0 N–H and O–H groups in total. The number of alkyl halides is 3. The van der Waals surface area contributed by atoms with Crippen LogP contribution in [-0.4, -0.2) is 64.1 Å². The first-order valence-electron chi connectivity index (χ1n) is 11.3. The van der Waals surface area contributed by atoms with Gasteiger partial charge in [-0.1, -0.05) is 0 Å². The fourth-order valence-corrected chi connectivity index (χ4v) is 5.52. The first kappa shape index (κ1) is 27.5. The van der Waals surface area contributed by atoms with Gasteiger partial charge in [-0.15, -0.1) is 0 Å². The number of pyridine rings is 1. The molecule has 0 aliphatic carbocycles. The summed E-state index contributed by atoms with van der Waals surface area (Å²) in [4.78, 5) is 17.9. The second-order valence-corrected chi connectivity index (χ2v) is 10.3. The van der Waals surface area contributed by atoms with Gasteiger partial charge in [0.2, 0.25) is 10.0 Å². The zero-order valence-electron chi connectivity index (χ0n) is 20.3. The van der Waals surface area contributed by atoms with Gasteiger partial charge in [-0.2, -0.15) is 17.5 Å². The molecule has 0 unspecified atom stereocenters. The molecule has 2 aromatic carbocycles. The number of methoxy groups -OCH3 is 1. The van der Waals surface area contributed by atoms with E-state index in [0.717, 1.165) is 21.3 Å². The number of morpholine rings is 1. The molecule has 2 heterocycles. The summed E-state index contributed by atoms with van der Waals surface area (Å²) in [6, 6.07) is 7.36. The molecular weight excluding hydrogens is 530 g/mol.